The van der Waals surface area contributed by atoms with E-state index in [-0.39, 0.29) is 5.70 Å². The van der Waals surface area contributed by atoms with Gasteiger partial charge in [-0.25, -0.2) is 9.37 Å². The zero-order valence-electron chi connectivity index (χ0n) is 23.0. The molecular formula is C29H41BrFN3O2S. The van der Waals surface area contributed by atoms with Crippen LogP contribution >= 0.6 is 27.3 Å². The number of nitrogens with one attached hydrogen (secondary N) is 1. The zero-order chi connectivity index (χ0) is 28.2. The minimum atomic E-state index is -0.557. The Morgan fingerprint density at radius 3 is 2.43 bits per heavy atom. The zero-order valence-corrected chi connectivity index (χ0v) is 25.4. The third-order valence-corrected chi connectivity index (χ3v) is 5.75. The van der Waals surface area contributed by atoms with Crippen LogP contribution in [0.15, 0.2) is 71.1 Å². The van der Waals surface area contributed by atoms with Gasteiger partial charge >= 0.3 is 0 Å². The van der Waals surface area contributed by atoms with Crippen molar-refractivity contribution in [2.24, 2.45) is 5.73 Å². The Hall–Kier alpha value is -2.84. The van der Waals surface area contributed by atoms with Crippen molar-refractivity contribution in [2.75, 3.05) is 7.11 Å². The third kappa shape index (κ3) is 12.8. The average Bonchev–Trinajstić information content (AvgIpc) is 3.33. The van der Waals surface area contributed by atoms with E-state index in [4.69, 9.17) is 15.2 Å². The maximum absolute atomic E-state index is 13.8. The minimum absolute atomic E-state index is 0.270. The Bertz CT molecular complexity index is 1080. The van der Waals surface area contributed by atoms with Crippen molar-refractivity contribution in [2.45, 2.75) is 61.0 Å². The molecule has 0 saturated heterocycles. The first kappa shape index (κ1) is 34.2. The predicted octanol–water partition coefficient (Wildman–Crippen LogP) is 8.86. The van der Waals surface area contributed by atoms with Gasteiger partial charge in [-0.3, -0.25) is 0 Å². The van der Waals surface area contributed by atoms with Crippen molar-refractivity contribution >= 4 is 33.0 Å². The molecule has 0 radical (unpaired) electrons. The number of halogens is 2. The fourth-order valence-corrected chi connectivity index (χ4v) is 3.64. The van der Waals surface area contributed by atoms with Crippen molar-refractivity contribution in [3.63, 3.8) is 0 Å². The van der Waals surface area contributed by atoms with Crippen LogP contribution in [-0.4, -0.2) is 12.1 Å². The highest BCUT2D eigenvalue weighted by atomic mass is 79.9. The van der Waals surface area contributed by atoms with E-state index < -0.39 is 5.83 Å². The van der Waals surface area contributed by atoms with Gasteiger partial charge in [0.15, 0.2) is 11.5 Å². The summed E-state index contributed by atoms with van der Waals surface area (Å²) in [5, 5.41) is 6.07. The normalized spacial score (nSPS) is 11.5. The van der Waals surface area contributed by atoms with Crippen molar-refractivity contribution in [3.05, 3.63) is 92.9 Å². The van der Waals surface area contributed by atoms with E-state index >= 15 is 0 Å². The van der Waals surface area contributed by atoms with Crippen LogP contribution in [0.4, 0.5) is 4.39 Å². The Morgan fingerprint density at radius 2 is 1.97 bits per heavy atom. The molecule has 1 aromatic heterocycles. The van der Waals surface area contributed by atoms with Gasteiger partial charge in [-0.2, -0.15) is 0 Å². The summed E-state index contributed by atoms with van der Waals surface area (Å²) in [5.74, 6) is 0.657. The van der Waals surface area contributed by atoms with E-state index in [1.54, 1.807) is 41.8 Å². The van der Waals surface area contributed by atoms with Gasteiger partial charge in [0.1, 0.15) is 12.4 Å². The molecule has 0 atom stereocenters. The van der Waals surface area contributed by atoms with Crippen LogP contribution in [0.3, 0.4) is 0 Å². The lowest BCUT2D eigenvalue weighted by atomic mass is 10.0. The highest BCUT2D eigenvalue weighted by Gasteiger charge is 2.14. The summed E-state index contributed by atoms with van der Waals surface area (Å²) in [6.45, 7) is 15.7. The van der Waals surface area contributed by atoms with Gasteiger partial charge < -0.3 is 20.5 Å². The Balaban J connectivity index is 0.00000142. The minimum Gasteiger partial charge on any atom is -0.493 e. The highest BCUT2D eigenvalue weighted by Crippen LogP contribution is 2.34. The lowest BCUT2D eigenvalue weighted by Crippen LogP contribution is -2.13. The molecule has 204 valence electrons. The molecule has 0 spiro atoms. The van der Waals surface area contributed by atoms with Crippen LogP contribution in [0.5, 0.6) is 11.5 Å². The summed E-state index contributed by atoms with van der Waals surface area (Å²) < 4.78 is 25.3. The Labute approximate surface area is 234 Å². The van der Waals surface area contributed by atoms with E-state index in [1.807, 2.05) is 64.3 Å². The molecule has 2 aromatic rings. The standard InChI is InChI=1S/C22H24BrFN2O2S.C5H11N.C2H6/c1-6-19(26-20(15(3)24)8-7-9-23)18-11-21(27-5)22(10-14(18)2)28-12-17-13-29-16(4)25-17;1-2-3-4-5-6;1-2/h6-11,13,26H,3,12H2,1-2,4-5H3;4-5H,2-3,6H2,1H3;1-2H3/b9-7+,19-6+,20-8+;5-4+;. The van der Waals surface area contributed by atoms with Crippen molar-refractivity contribution in [3.8, 4) is 11.5 Å². The average molecular weight is 595 g/mol. The molecular weight excluding hydrogens is 553 g/mol. The monoisotopic (exact) mass is 593 g/mol. The number of hydrogen-bond acceptors (Lipinski definition) is 6. The quantitative estimate of drug-likeness (QED) is 0.254. The van der Waals surface area contributed by atoms with E-state index in [9.17, 15) is 4.39 Å². The number of nitrogens with zero attached hydrogens (tertiary/aromatic N) is 1. The molecule has 0 aliphatic carbocycles. The van der Waals surface area contributed by atoms with Gasteiger partial charge in [-0.1, -0.05) is 67.9 Å². The molecule has 0 aliphatic heterocycles. The molecule has 37 heavy (non-hydrogen) atoms. The first-order chi connectivity index (χ1) is 17.8. The van der Waals surface area contributed by atoms with E-state index in [2.05, 4.69) is 39.7 Å². The van der Waals surface area contributed by atoms with Crippen LogP contribution in [0, 0.1) is 13.8 Å². The largest absolute Gasteiger partial charge is 0.493 e. The number of unbranched alkanes of at least 4 members (excludes halogenated alkanes) is 1. The third-order valence-electron chi connectivity index (χ3n) is 4.62. The first-order valence-corrected chi connectivity index (χ1v) is 13.9. The molecule has 2 rings (SSSR count). The molecule has 0 aliphatic rings. The van der Waals surface area contributed by atoms with Gasteiger partial charge in [0.05, 0.1) is 23.5 Å². The fourth-order valence-electron chi connectivity index (χ4n) is 2.89. The SMILES string of the molecule is C=C(F)/C(=C\C=C\Br)N/C(=C/C)c1cc(OC)c(OCc2csc(C)n2)cc1C.CC.CCC/C=C/N. The van der Waals surface area contributed by atoms with Gasteiger partial charge in [-0.05, 0) is 62.1 Å². The molecule has 0 bridgehead atoms. The lowest BCUT2D eigenvalue weighted by molar-refractivity contribution is 0.281. The maximum Gasteiger partial charge on any atom is 0.162 e. The number of nitrogens with two attached hydrogens (primary N) is 1. The van der Waals surface area contributed by atoms with Gasteiger partial charge in [0.25, 0.3) is 0 Å². The summed E-state index contributed by atoms with van der Waals surface area (Å²) in [4.78, 5) is 6.05. The summed E-state index contributed by atoms with van der Waals surface area (Å²) in [5.41, 5.74) is 8.74. The van der Waals surface area contributed by atoms with Crippen LogP contribution in [0.2, 0.25) is 0 Å². The van der Waals surface area contributed by atoms with Crippen molar-refractivity contribution in [1.29, 1.82) is 0 Å². The Morgan fingerprint density at radius 1 is 1.27 bits per heavy atom. The van der Waals surface area contributed by atoms with Crippen molar-refractivity contribution in [1.82, 2.24) is 10.3 Å². The molecule has 0 amide bonds. The molecule has 0 fully saturated rings. The summed E-state index contributed by atoms with van der Waals surface area (Å²) in [7, 11) is 1.59. The molecule has 0 unspecified atom stereocenters. The molecule has 1 heterocycles. The predicted molar refractivity (Wildman–Crippen MR) is 162 cm³/mol. The van der Waals surface area contributed by atoms with Crippen molar-refractivity contribution < 1.29 is 13.9 Å². The molecule has 8 heteroatoms. The number of hydrogen-bond donors (Lipinski definition) is 2. The van der Waals surface area contributed by atoms with Crippen LogP contribution in [0.25, 0.3) is 5.70 Å². The number of rotatable bonds is 11. The second-order valence-electron chi connectivity index (χ2n) is 7.31. The van der Waals surface area contributed by atoms with Crippen LogP contribution < -0.4 is 20.5 Å². The summed E-state index contributed by atoms with van der Waals surface area (Å²) in [6, 6.07) is 3.78. The molecule has 5 nitrogen and oxygen atoms in total. The van der Waals surface area contributed by atoms with E-state index in [0.29, 0.717) is 18.1 Å². The summed E-state index contributed by atoms with van der Waals surface area (Å²) >= 11 is 4.76. The molecule has 0 saturated carbocycles. The topological polar surface area (TPSA) is 69.4 Å². The number of methoxy groups -OCH3 is 1. The second-order valence-corrected chi connectivity index (χ2v) is 8.90. The lowest BCUT2D eigenvalue weighted by Gasteiger charge is -2.18. The Kier molecular flexibility index (Phi) is 18.7. The smallest absolute Gasteiger partial charge is 0.162 e. The number of allylic oxidation sites excluding steroid dienone is 5. The number of aromatic nitrogens is 1. The summed E-state index contributed by atoms with van der Waals surface area (Å²) in [6.07, 6.45) is 11.0. The second kappa shape index (κ2) is 20.2. The number of aryl methyl sites for hydroxylation is 2. The van der Waals surface area contributed by atoms with Gasteiger partial charge in [-0.15, -0.1) is 11.3 Å². The van der Waals surface area contributed by atoms with E-state index in [1.165, 1.54) is 6.42 Å². The number of thiazole rings is 1. The number of ether oxygens (including phenoxy) is 2. The van der Waals surface area contributed by atoms with Gasteiger partial charge in [0.2, 0.25) is 0 Å². The molecule has 3 N–H and O–H groups in total. The molecule has 1 aromatic carbocycles. The number of benzene rings is 1. The fraction of sp³-hybridized carbons (Fsp3) is 0.345. The van der Waals surface area contributed by atoms with Gasteiger partial charge in [0, 0.05) is 16.6 Å². The van der Waals surface area contributed by atoms with Crippen LogP contribution in [0.1, 0.15) is 62.4 Å². The van der Waals surface area contributed by atoms with Crippen LogP contribution in [-0.2, 0) is 6.61 Å². The first-order valence-electron chi connectivity index (χ1n) is 12.2. The van der Waals surface area contributed by atoms with E-state index in [0.717, 1.165) is 33.9 Å². The maximum atomic E-state index is 13.8. The highest BCUT2D eigenvalue weighted by molar-refractivity contribution is 9.11.